The van der Waals surface area contributed by atoms with E-state index in [1.54, 1.807) is 0 Å². The molecule has 1 atom stereocenters. The predicted molar refractivity (Wildman–Crippen MR) is 68.5 cm³/mol. The quantitative estimate of drug-likeness (QED) is 0.509. The van der Waals surface area contributed by atoms with Gasteiger partial charge in [0.15, 0.2) is 0 Å². The number of alkyl halides is 3. The van der Waals surface area contributed by atoms with E-state index in [2.05, 4.69) is 6.92 Å². The van der Waals surface area contributed by atoms with E-state index in [0.717, 1.165) is 19.3 Å². The third kappa shape index (κ3) is 13.8. The number of hydrogen-bond donors (Lipinski definition) is 1. The minimum Gasteiger partial charge on any atom is -0.393 e. The number of aliphatic hydroxyl groups excluding tert-OH is 1. The second-order valence-corrected chi connectivity index (χ2v) is 5.07. The molecule has 0 radical (unpaired) electrons. The third-order valence-corrected chi connectivity index (χ3v) is 3.15. The largest absolute Gasteiger partial charge is 0.393 e. The molecule has 0 aliphatic heterocycles. The lowest BCUT2D eigenvalue weighted by atomic mass is 10.0. The Morgan fingerprint density at radius 2 is 1.33 bits per heavy atom. The van der Waals surface area contributed by atoms with Gasteiger partial charge in [-0.2, -0.15) is 13.2 Å². The van der Waals surface area contributed by atoms with Crippen LogP contribution in [0.4, 0.5) is 13.2 Å². The highest BCUT2D eigenvalue weighted by Crippen LogP contribution is 2.23. The molecular weight excluding hydrogens is 241 g/mol. The summed E-state index contributed by atoms with van der Waals surface area (Å²) >= 11 is 0. The molecule has 0 aromatic rings. The van der Waals surface area contributed by atoms with Crippen molar-refractivity contribution >= 4 is 0 Å². The van der Waals surface area contributed by atoms with E-state index in [1.165, 1.54) is 32.1 Å². The van der Waals surface area contributed by atoms with Gasteiger partial charge in [-0.1, -0.05) is 58.3 Å². The molecule has 0 aliphatic carbocycles. The highest BCUT2D eigenvalue weighted by atomic mass is 19.4. The number of aliphatic hydroxyl groups is 1. The Balaban J connectivity index is 3.23. The van der Waals surface area contributed by atoms with Crippen molar-refractivity contribution in [2.45, 2.75) is 89.8 Å². The summed E-state index contributed by atoms with van der Waals surface area (Å²) in [6.07, 6.45) is 3.83. The molecular formula is C14H27F3O. The summed E-state index contributed by atoms with van der Waals surface area (Å²) in [4.78, 5) is 0. The fourth-order valence-electron chi connectivity index (χ4n) is 1.99. The molecule has 4 heteroatoms. The minimum atomic E-state index is -4.14. The SMILES string of the molecule is CCCCCCCCCCC(O)CCC(F)(F)F. The van der Waals surface area contributed by atoms with E-state index in [1.807, 2.05) is 0 Å². The monoisotopic (exact) mass is 268 g/mol. The van der Waals surface area contributed by atoms with Crippen molar-refractivity contribution < 1.29 is 18.3 Å². The zero-order valence-electron chi connectivity index (χ0n) is 11.4. The van der Waals surface area contributed by atoms with Gasteiger partial charge in [0.05, 0.1) is 6.10 Å². The smallest absolute Gasteiger partial charge is 0.389 e. The maximum absolute atomic E-state index is 11.9. The molecule has 0 aliphatic rings. The van der Waals surface area contributed by atoms with Crippen molar-refractivity contribution in [3.8, 4) is 0 Å². The molecule has 0 amide bonds. The Morgan fingerprint density at radius 3 is 1.83 bits per heavy atom. The number of rotatable bonds is 11. The molecule has 0 heterocycles. The summed E-state index contributed by atoms with van der Waals surface area (Å²) in [6.45, 7) is 2.18. The van der Waals surface area contributed by atoms with E-state index >= 15 is 0 Å². The van der Waals surface area contributed by atoms with Crippen molar-refractivity contribution in [2.75, 3.05) is 0 Å². The van der Waals surface area contributed by atoms with Gasteiger partial charge in [-0.3, -0.25) is 0 Å². The Bertz CT molecular complexity index is 180. The number of halogens is 3. The van der Waals surface area contributed by atoms with Crippen molar-refractivity contribution in [3.63, 3.8) is 0 Å². The van der Waals surface area contributed by atoms with Gasteiger partial charge in [0.1, 0.15) is 0 Å². The lowest BCUT2D eigenvalue weighted by Crippen LogP contribution is -2.14. The normalized spacial score (nSPS) is 13.8. The summed E-state index contributed by atoms with van der Waals surface area (Å²) in [5.41, 5.74) is 0. The average molecular weight is 268 g/mol. The van der Waals surface area contributed by atoms with Gasteiger partial charge in [0.25, 0.3) is 0 Å². The third-order valence-electron chi connectivity index (χ3n) is 3.15. The molecule has 18 heavy (non-hydrogen) atoms. The molecule has 0 rings (SSSR count). The Kier molecular flexibility index (Phi) is 10.5. The maximum atomic E-state index is 11.9. The Labute approximate surface area is 109 Å². The van der Waals surface area contributed by atoms with Crippen molar-refractivity contribution in [1.29, 1.82) is 0 Å². The van der Waals surface area contributed by atoms with Crippen LogP contribution in [0.5, 0.6) is 0 Å². The van der Waals surface area contributed by atoms with Gasteiger partial charge >= 0.3 is 6.18 Å². The lowest BCUT2D eigenvalue weighted by Gasteiger charge is -2.11. The molecule has 1 unspecified atom stereocenters. The van der Waals surface area contributed by atoms with Crippen LogP contribution in [0.25, 0.3) is 0 Å². The second-order valence-electron chi connectivity index (χ2n) is 5.07. The standard InChI is InChI=1S/C14H27F3O/c1-2-3-4-5-6-7-8-9-10-13(18)11-12-14(15,16)17/h13,18H,2-12H2,1H3. The zero-order valence-corrected chi connectivity index (χ0v) is 11.4. The van der Waals surface area contributed by atoms with Crippen LogP contribution in [0.15, 0.2) is 0 Å². The van der Waals surface area contributed by atoms with E-state index in [9.17, 15) is 18.3 Å². The van der Waals surface area contributed by atoms with Gasteiger partial charge in [0.2, 0.25) is 0 Å². The molecule has 110 valence electrons. The molecule has 0 aromatic heterocycles. The molecule has 0 saturated heterocycles. The topological polar surface area (TPSA) is 20.2 Å². The first kappa shape index (κ1) is 17.8. The van der Waals surface area contributed by atoms with Gasteiger partial charge in [-0.25, -0.2) is 0 Å². The first-order chi connectivity index (χ1) is 8.45. The van der Waals surface area contributed by atoms with Crippen LogP contribution < -0.4 is 0 Å². The fraction of sp³-hybridized carbons (Fsp3) is 1.00. The molecule has 0 saturated carbocycles. The minimum absolute atomic E-state index is 0.153. The molecule has 0 spiro atoms. The lowest BCUT2D eigenvalue weighted by molar-refractivity contribution is -0.140. The molecule has 0 aromatic carbocycles. The van der Waals surface area contributed by atoms with Crippen molar-refractivity contribution in [2.24, 2.45) is 0 Å². The number of hydrogen-bond acceptors (Lipinski definition) is 1. The first-order valence-electron chi connectivity index (χ1n) is 7.20. The maximum Gasteiger partial charge on any atom is 0.389 e. The van der Waals surface area contributed by atoms with Crippen LogP contribution in [0, 0.1) is 0 Å². The summed E-state index contributed by atoms with van der Waals surface area (Å²) in [5.74, 6) is 0. The van der Waals surface area contributed by atoms with Crippen molar-refractivity contribution in [1.82, 2.24) is 0 Å². The van der Waals surface area contributed by atoms with Crippen LogP contribution in [0.2, 0.25) is 0 Å². The van der Waals surface area contributed by atoms with Crippen LogP contribution >= 0.6 is 0 Å². The van der Waals surface area contributed by atoms with E-state index in [4.69, 9.17) is 0 Å². The molecule has 1 N–H and O–H groups in total. The Hall–Kier alpha value is -0.250. The highest BCUT2D eigenvalue weighted by molar-refractivity contribution is 4.60. The summed E-state index contributed by atoms with van der Waals surface area (Å²) < 4.78 is 35.7. The highest BCUT2D eigenvalue weighted by Gasteiger charge is 2.27. The van der Waals surface area contributed by atoms with Crippen LogP contribution in [0.1, 0.15) is 77.6 Å². The van der Waals surface area contributed by atoms with Crippen LogP contribution in [-0.2, 0) is 0 Å². The van der Waals surface area contributed by atoms with Gasteiger partial charge in [-0.15, -0.1) is 0 Å². The predicted octanol–water partition coefficient (Wildman–Crippen LogP) is 5.22. The Morgan fingerprint density at radius 1 is 0.833 bits per heavy atom. The van der Waals surface area contributed by atoms with E-state index in [-0.39, 0.29) is 6.42 Å². The molecule has 0 fully saturated rings. The molecule has 1 nitrogen and oxygen atoms in total. The average Bonchev–Trinajstić information content (AvgIpc) is 2.29. The van der Waals surface area contributed by atoms with E-state index < -0.39 is 18.7 Å². The first-order valence-corrected chi connectivity index (χ1v) is 7.20. The zero-order chi connectivity index (χ0) is 13.9. The fourth-order valence-corrected chi connectivity index (χ4v) is 1.99. The van der Waals surface area contributed by atoms with E-state index in [0.29, 0.717) is 6.42 Å². The second kappa shape index (κ2) is 10.7. The summed E-state index contributed by atoms with van der Waals surface area (Å²) in [7, 11) is 0. The summed E-state index contributed by atoms with van der Waals surface area (Å²) in [6, 6.07) is 0. The summed E-state index contributed by atoms with van der Waals surface area (Å²) in [5, 5.41) is 9.39. The van der Waals surface area contributed by atoms with Gasteiger partial charge in [-0.05, 0) is 12.8 Å². The molecule has 0 bridgehead atoms. The van der Waals surface area contributed by atoms with Crippen LogP contribution in [0.3, 0.4) is 0 Å². The van der Waals surface area contributed by atoms with Gasteiger partial charge < -0.3 is 5.11 Å². The van der Waals surface area contributed by atoms with Gasteiger partial charge in [0, 0.05) is 6.42 Å². The van der Waals surface area contributed by atoms with Crippen LogP contribution in [-0.4, -0.2) is 17.4 Å². The number of unbranched alkanes of at least 4 members (excludes halogenated alkanes) is 7. The van der Waals surface area contributed by atoms with Crippen molar-refractivity contribution in [3.05, 3.63) is 0 Å².